The largest absolute Gasteiger partial charge is 0.462 e. The molecule has 0 spiro atoms. The zero-order valence-electron chi connectivity index (χ0n) is 15.4. The number of carbonyl (C=O) groups excluding carboxylic acids is 1. The lowest BCUT2D eigenvalue weighted by Crippen LogP contribution is -2.25. The van der Waals surface area contributed by atoms with E-state index in [2.05, 4.69) is 20.4 Å². The van der Waals surface area contributed by atoms with Gasteiger partial charge in [-0.15, -0.1) is 0 Å². The van der Waals surface area contributed by atoms with Crippen molar-refractivity contribution in [3.63, 3.8) is 0 Å². The summed E-state index contributed by atoms with van der Waals surface area (Å²) >= 11 is 0. The Bertz CT molecular complexity index is 297. The number of carbonyl (C=O) groups is 1. The van der Waals surface area contributed by atoms with Gasteiger partial charge in [0.2, 0.25) is 0 Å². The number of unbranched alkanes of at least 4 members (excludes halogenated alkanes) is 4. The zero-order valence-corrected chi connectivity index (χ0v) is 16.8. The molecule has 0 fully saturated rings. The Morgan fingerprint density at radius 1 is 0.957 bits per heavy atom. The Hall–Kier alpha value is -0.653. The summed E-state index contributed by atoms with van der Waals surface area (Å²) in [7, 11) is -0.360. The molecule has 0 radical (unpaired) electrons. The van der Waals surface area contributed by atoms with Gasteiger partial charge in [0, 0.05) is 18.8 Å². The normalized spacial score (nSPS) is 11.5. The summed E-state index contributed by atoms with van der Waals surface area (Å²) < 4.78 is 16.8. The van der Waals surface area contributed by atoms with Gasteiger partial charge in [-0.05, 0) is 26.2 Å². The molecule has 0 aromatic carbocycles. The second kappa shape index (κ2) is 16.2. The van der Waals surface area contributed by atoms with Crippen LogP contribution < -0.4 is 0 Å². The molecule has 0 atom stereocenters. The number of esters is 1. The van der Waals surface area contributed by atoms with Crippen molar-refractivity contribution in [2.45, 2.75) is 77.7 Å². The van der Waals surface area contributed by atoms with Crippen LogP contribution in [-0.4, -0.2) is 41.2 Å². The highest BCUT2D eigenvalue weighted by Crippen LogP contribution is 2.06. The van der Waals surface area contributed by atoms with Gasteiger partial charge in [0.1, 0.15) is 5.91 Å². The van der Waals surface area contributed by atoms with Crippen molar-refractivity contribution in [2.24, 2.45) is 0 Å². The van der Waals surface area contributed by atoms with Crippen LogP contribution in [0.5, 0.6) is 0 Å². The molecule has 0 aromatic rings. The van der Waals surface area contributed by atoms with E-state index in [4.69, 9.17) is 14.2 Å². The highest BCUT2D eigenvalue weighted by molar-refractivity contribution is 6.36. The van der Waals surface area contributed by atoms with Gasteiger partial charge in [-0.3, -0.25) is 0 Å². The van der Waals surface area contributed by atoms with Gasteiger partial charge in [0.15, 0.2) is 0 Å². The fourth-order valence-corrected chi connectivity index (χ4v) is 3.63. The molecule has 0 aliphatic carbocycles. The topological polar surface area (TPSA) is 44.8 Å². The second-order valence-electron chi connectivity index (χ2n) is 6.00. The summed E-state index contributed by atoms with van der Waals surface area (Å²) in [6.45, 7) is 11.7. The third-order valence-corrected chi connectivity index (χ3v) is 5.37. The van der Waals surface area contributed by atoms with Gasteiger partial charge in [-0.1, -0.05) is 52.2 Å². The highest BCUT2D eigenvalue weighted by atomic mass is 28.2. The molecule has 0 heterocycles. The maximum Gasteiger partial charge on any atom is 0.333 e. The van der Waals surface area contributed by atoms with Crippen molar-refractivity contribution in [2.75, 3.05) is 19.8 Å². The third kappa shape index (κ3) is 14.7. The molecule has 0 unspecified atom stereocenters. The van der Waals surface area contributed by atoms with Gasteiger partial charge < -0.3 is 14.2 Å². The van der Waals surface area contributed by atoms with E-state index < -0.39 is 0 Å². The fourth-order valence-electron chi connectivity index (χ4n) is 1.99. The Balaban J connectivity index is 3.67. The van der Waals surface area contributed by atoms with Crippen molar-refractivity contribution in [1.82, 2.24) is 0 Å². The van der Waals surface area contributed by atoms with E-state index in [9.17, 15) is 4.79 Å². The minimum absolute atomic E-state index is 0.0781. The van der Waals surface area contributed by atoms with E-state index in [0.29, 0.717) is 12.2 Å². The summed E-state index contributed by atoms with van der Waals surface area (Å²) in [5.74, 6) is -0.206. The first-order valence-corrected chi connectivity index (χ1v) is 11.0. The lowest BCUT2D eigenvalue weighted by Gasteiger charge is -2.18. The second-order valence-corrected chi connectivity index (χ2v) is 7.95. The Morgan fingerprint density at radius 2 is 1.57 bits per heavy atom. The first kappa shape index (κ1) is 22.3. The minimum atomic E-state index is -0.360. The van der Waals surface area contributed by atoms with Crippen LogP contribution in [0.4, 0.5) is 0 Å². The van der Waals surface area contributed by atoms with E-state index >= 15 is 0 Å². The Morgan fingerprint density at radius 3 is 2.09 bits per heavy atom. The molecule has 0 saturated carbocycles. The molecule has 0 saturated heterocycles. The van der Waals surface area contributed by atoms with Crippen LogP contribution in [0.1, 0.15) is 65.7 Å². The predicted octanol–water partition coefficient (Wildman–Crippen LogP) is 3.78. The zero-order chi connectivity index (χ0) is 17.3. The van der Waals surface area contributed by atoms with Crippen molar-refractivity contribution < 1.29 is 19.0 Å². The predicted molar refractivity (Wildman–Crippen MR) is 98.5 cm³/mol. The molecule has 5 heteroatoms. The number of hydrogen-bond acceptors (Lipinski definition) is 4. The van der Waals surface area contributed by atoms with Crippen molar-refractivity contribution >= 4 is 15.5 Å². The van der Waals surface area contributed by atoms with Crippen LogP contribution in [0, 0.1) is 0 Å². The standard InChI is InChI=1S/C18H36O4Si/c1-5-7-12-21-18(22-13-8-6-2)23-15-11-9-10-14-20-17(19)16(3)4/h18H,3,5-15,23H2,1-2,4H3. The van der Waals surface area contributed by atoms with Gasteiger partial charge >= 0.3 is 5.97 Å². The summed E-state index contributed by atoms with van der Waals surface area (Å²) in [5, 5.41) is 0. The fraction of sp³-hybridized carbons (Fsp3) is 0.833. The Labute approximate surface area is 144 Å². The van der Waals surface area contributed by atoms with Crippen LogP contribution in [-0.2, 0) is 19.0 Å². The maximum absolute atomic E-state index is 11.2. The molecule has 0 rings (SSSR count). The molecule has 0 bridgehead atoms. The third-order valence-electron chi connectivity index (χ3n) is 3.52. The van der Waals surface area contributed by atoms with Crippen molar-refractivity contribution in [3.8, 4) is 0 Å². The van der Waals surface area contributed by atoms with Crippen LogP contribution >= 0.6 is 0 Å². The van der Waals surface area contributed by atoms with E-state index in [1.165, 1.54) is 12.5 Å². The van der Waals surface area contributed by atoms with Crippen molar-refractivity contribution in [3.05, 3.63) is 12.2 Å². The average Bonchev–Trinajstić information content (AvgIpc) is 2.53. The molecule has 0 N–H and O–H groups in total. The molecule has 0 amide bonds. The molecular weight excluding hydrogens is 308 g/mol. The van der Waals surface area contributed by atoms with Crippen LogP contribution in [0.25, 0.3) is 0 Å². The molecule has 0 aliphatic rings. The monoisotopic (exact) mass is 344 g/mol. The van der Waals surface area contributed by atoms with E-state index in [1.54, 1.807) is 6.92 Å². The van der Waals surface area contributed by atoms with E-state index in [0.717, 1.165) is 51.7 Å². The van der Waals surface area contributed by atoms with Gasteiger partial charge in [0.05, 0.1) is 16.1 Å². The first-order valence-electron chi connectivity index (χ1n) is 9.17. The number of rotatable bonds is 16. The summed E-state index contributed by atoms with van der Waals surface area (Å²) in [6, 6.07) is 1.22. The number of hydrogen-bond donors (Lipinski definition) is 0. The number of ether oxygens (including phenoxy) is 3. The van der Waals surface area contributed by atoms with Gasteiger partial charge in [0.25, 0.3) is 0 Å². The first-order chi connectivity index (χ1) is 11.1. The SMILES string of the molecule is C=C(C)C(=O)OCCCCC[SiH2]C(OCCCC)OCCCC. The van der Waals surface area contributed by atoms with Crippen LogP contribution in [0.2, 0.25) is 6.04 Å². The highest BCUT2D eigenvalue weighted by Gasteiger charge is 2.09. The molecule has 0 aliphatic heterocycles. The van der Waals surface area contributed by atoms with Gasteiger partial charge in [-0.2, -0.15) is 0 Å². The summed E-state index contributed by atoms with van der Waals surface area (Å²) in [5.41, 5.74) is 0.466. The average molecular weight is 345 g/mol. The molecule has 23 heavy (non-hydrogen) atoms. The smallest absolute Gasteiger partial charge is 0.333 e. The Kier molecular flexibility index (Phi) is 15.8. The van der Waals surface area contributed by atoms with Crippen molar-refractivity contribution in [1.29, 1.82) is 0 Å². The van der Waals surface area contributed by atoms with E-state index in [-0.39, 0.29) is 21.4 Å². The van der Waals surface area contributed by atoms with E-state index in [1.807, 2.05) is 0 Å². The lowest BCUT2D eigenvalue weighted by atomic mass is 10.3. The maximum atomic E-state index is 11.2. The lowest BCUT2D eigenvalue weighted by molar-refractivity contribution is -0.139. The van der Waals surface area contributed by atoms with Crippen LogP contribution in [0.3, 0.4) is 0 Å². The molecule has 0 aromatic heterocycles. The minimum Gasteiger partial charge on any atom is -0.462 e. The van der Waals surface area contributed by atoms with Gasteiger partial charge in [-0.25, -0.2) is 4.79 Å². The van der Waals surface area contributed by atoms with Crippen LogP contribution in [0.15, 0.2) is 12.2 Å². The summed E-state index contributed by atoms with van der Waals surface area (Å²) in [4.78, 5) is 11.2. The molecule has 4 nitrogen and oxygen atoms in total. The molecular formula is C18H36O4Si. The summed E-state index contributed by atoms with van der Waals surface area (Å²) in [6.07, 6.45) is 7.71. The molecule has 136 valence electrons. The quantitative estimate of drug-likeness (QED) is 0.140.